The Morgan fingerprint density at radius 3 is 2.31 bits per heavy atom. The van der Waals surface area contributed by atoms with E-state index in [2.05, 4.69) is 41.8 Å². The Balaban J connectivity index is 1.46. The number of carboxylic acids is 1. The quantitative estimate of drug-likeness (QED) is 0.227. The van der Waals surface area contributed by atoms with E-state index in [0.717, 1.165) is 58.7 Å². The number of hydrogen-bond donors (Lipinski definition) is 1. The zero-order chi connectivity index (χ0) is 24.9. The van der Waals surface area contributed by atoms with E-state index in [1.54, 1.807) is 12.1 Å². The minimum atomic E-state index is -0.925. The fourth-order valence-electron chi connectivity index (χ4n) is 4.38. The highest BCUT2D eigenvalue weighted by atomic mass is 16.5. The largest absolute Gasteiger partial charge is 0.494 e. The second-order valence-corrected chi connectivity index (χ2v) is 8.78. The third-order valence-electron chi connectivity index (χ3n) is 6.30. The summed E-state index contributed by atoms with van der Waals surface area (Å²) in [4.78, 5) is 16.6. The van der Waals surface area contributed by atoms with Gasteiger partial charge in [-0.25, -0.2) is 9.78 Å². The average molecular weight is 477 g/mol. The Hall–Kier alpha value is -4.38. The van der Waals surface area contributed by atoms with Crippen LogP contribution in [0.3, 0.4) is 0 Å². The van der Waals surface area contributed by atoms with Gasteiger partial charge in [-0.1, -0.05) is 67.9 Å². The maximum atomic E-state index is 11.6. The number of imidazole rings is 1. The highest BCUT2D eigenvalue weighted by Gasteiger charge is 2.14. The van der Waals surface area contributed by atoms with E-state index in [-0.39, 0.29) is 0 Å². The van der Waals surface area contributed by atoms with Gasteiger partial charge in [-0.3, -0.25) is 0 Å². The molecule has 0 aliphatic rings. The van der Waals surface area contributed by atoms with E-state index in [4.69, 9.17) is 9.72 Å². The molecule has 5 nitrogen and oxygen atoms in total. The van der Waals surface area contributed by atoms with Gasteiger partial charge in [0.1, 0.15) is 11.6 Å². The fraction of sp³-hybridized carbons (Fsp3) is 0.161. The molecular formula is C31H28N2O3. The van der Waals surface area contributed by atoms with Gasteiger partial charge >= 0.3 is 5.97 Å². The van der Waals surface area contributed by atoms with Crippen molar-refractivity contribution in [3.63, 3.8) is 0 Å². The molecule has 0 spiro atoms. The van der Waals surface area contributed by atoms with E-state index in [9.17, 15) is 9.90 Å². The predicted octanol–water partition coefficient (Wildman–Crippen LogP) is 7.30. The molecule has 36 heavy (non-hydrogen) atoms. The number of ether oxygens (including phenoxy) is 1. The van der Waals surface area contributed by atoms with Crippen LogP contribution in [0, 0.1) is 0 Å². The molecule has 5 heteroatoms. The number of hydrogen-bond acceptors (Lipinski definition) is 3. The van der Waals surface area contributed by atoms with Gasteiger partial charge in [0.15, 0.2) is 0 Å². The molecule has 0 saturated heterocycles. The van der Waals surface area contributed by atoms with Crippen LogP contribution >= 0.6 is 0 Å². The smallest absolute Gasteiger partial charge is 0.336 e. The van der Waals surface area contributed by atoms with Crippen molar-refractivity contribution >= 4 is 17.0 Å². The molecule has 0 aliphatic heterocycles. The van der Waals surface area contributed by atoms with Crippen LogP contribution in [0.2, 0.25) is 0 Å². The Morgan fingerprint density at radius 2 is 1.56 bits per heavy atom. The Kier molecular flexibility index (Phi) is 6.80. The number of fused-ring (bicyclic) bond motifs is 1. The lowest BCUT2D eigenvalue weighted by molar-refractivity contribution is 0.0697. The van der Waals surface area contributed by atoms with Crippen LogP contribution in [0.1, 0.15) is 35.7 Å². The molecule has 0 atom stereocenters. The molecule has 0 bridgehead atoms. The van der Waals surface area contributed by atoms with Crippen LogP contribution < -0.4 is 4.74 Å². The van der Waals surface area contributed by atoms with E-state index in [1.165, 1.54) is 0 Å². The van der Waals surface area contributed by atoms with Crippen molar-refractivity contribution in [2.75, 3.05) is 6.61 Å². The fourth-order valence-corrected chi connectivity index (χ4v) is 4.38. The van der Waals surface area contributed by atoms with Crippen molar-refractivity contribution < 1.29 is 14.6 Å². The SMILES string of the molecule is CCCCOc1ccc(-c2nc3ccccc3n2Cc2ccc(-c3ccccc3C(=O)O)cc2)cc1. The topological polar surface area (TPSA) is 64.4 Å². The molecule has 0 amide bonds. The second-order valence-electron chi connectivity index (χ2n) is 8.78. The number of benzene rings is 4. The third-order valence-corrected chi connectivity index (χ3v) is 6.30. The van der Waals surface area contributed by atoms with Crippen molar-refractivity contribution in [3.8, 4) is 28.3 Å². The van der Waals surface area contributed by atoms with Gasteiger partial charge in [0.25, 0.3) is 0 Å². The normalized spacial score (nSPS) is 11.0. The zero-order valence-corrected chi connectivity index (χ0v) is 20.2. The minimum Gasteiger partial charge on any atom is -0.494 e. The summed E-state index contributed by atoms with van der Waals surface area (Å²) in [6.07, 6.45) is 2.15. The highest BCUT2D eigenvalue weighted by molar-refractivity contribution is 5.96. The number of unbranched alkanes of at least 4 members (excludes halogenated alkanes) is 1. The molecule has 4 aromatic carbocycles. The van der Waals surface area contributed by atoms with Gasteiger partial charge in [-0.05, 0) is 65.6 Å². The lowest BCUT2D eigenvalue weighted by Crippen LogP contribution is -2.03. The Morgan fingerprint density at radius 1 is 0.861 bits per heavy atom. The third kappa shape index (κ3) is 4.86. The number of carbonyl (C=O) groups is 1. The van der Waals surface area contributed by atoms with E-state index in [0.29, 0.717) is 17.7 Å². The van der Waals surface area contributed by atoms with Crippen molar-refractivity contribution in [2.24, 2.45) is 0 Å². The first kappa shape index (κ1) is 23.4. The summed E-state index contributed by atoms with van der Waals surface area (Å²) in [5.74, 6) is 0.842. The molecule has 1 N–H and O–H groups in total. The van der Waals surface area contributed by atoms with Crippen LogP contribution in [0.15, 0.2) is 97.1 Å². The molecule has 0 aliphatic carbocycles. The summed E-state index contributed by atoms with van der Waals surface area (Å²) in [7, 11) is 0. The van der Waals surface area contributed by atoms with E-state index < -0.39 is 5.97 Å². The molecule has 1 aromatic heterocycles. The van der Waals surface area contributed by atoms with Crippen LogP contribution in [-0.4, -0.2) is 27.2 Å². The maximum absolute atomic E-state index is 11.6. The van der Waals surface area contributed by atoms with Gasteiger partial charge in [0.2, 0.25) is 0 Å². The van der Waals surface area contributed by atoms with Crippen molar-refractivity contribution in [3.05, 3.63) is 108 Å². The standard InChI is InChI=1S/C31H28N2O3/c1-2-3-20-36-25-18-16-24(17-19-25)30-32-28-10-6-7-11-29(28)33(30)21-22-12-14-23(15-13-22)26-8-4-5-9-27(26)31(34)35/h4-19H,2-3,20-21H2,1H3,(H,34,35). The van der Waals surface area contributed by atoms with Gasteiger partial charge in [0, 0.05) is 12.1 Å². The van der Waals surface area contributed by atoms with Crippen LogP contribution in [-0.2, 0) is 6.54 Å². The summed E-state index contributed by atoms with van der Waals surface area (Å²) in [6.45, 7) is 3.52. The molecular weight excluding hydrogens is 448 g/mol. The first-order chi connectivity index (χ1) is 17.6. The number of nitrogens with zero attached hydrogens (tertiary/aromatic N) is 2. The number of rotatable bonds is 9. The van der Waals surface area contributed by atoms with Gasteiger partial charge < -0.3 is 14.4 Å². The van der Waals surface area contributed by atoms with Gasteiger partial charge in [-0.2, -0.15) is 0 Å². The number of para-hydroxylation sites is 2. The van der Waals surface area contributed by atoms with E-state index in [1.807, 2.05) is 54.6 Å². The zero-order valence-electron chi connectivity index (χ0n) is 20.2. The summed E-state index contributed by atoms with van der Waals surface area (Å²) in [5.41, 5.74) is 6.04. The number of carboxylic acid groups (broad SMARTS) is 1. The molecule has 0 radical (unpaired) electrons. The monoisotopic (exact) mass is 476 g/mol. The first-order valence-corrected chi connectivity index (χ1v) is 12.2. The molecule has 1 heterocycles. The van der Waals surface area contributed by atoms with Crippen molar-refractivity contribution in [1.29, 1.82) is 0 Å². The summed E-state index contributed by atoms with van der Waals surface area (Å²) in [6, 6.07) is 31.4. The summed E-state index contributed by atoms with van der Waals surface area (Å²) >= 11 is 0. The number of aromatic carboxylic acids is 1. The highest BCUT2D eigenvalue weighted by Crippen LogP contribution is 2.29. The van der Waals surface area contributed by atoms with Gasteiger partial charge in [-0.15, -0.1) is 0 Å². The lowest BCUT2D eigenvalue weighted by Gasteiger charge is -2.12. The molecule has 5 rings (SSSR count). The van der Waals surface area contributed by atoms with Crippen LogP contribution in [0.25, 0.3) is 33.5 Å². The molecule has 5 aromatic rings. The van der Waals surface area contributed by atoms with Gasteiger partial charge in [0.05, 0.1) is 23.2 Å². The van der Waals surface area contributed by atoms with Crippen LogP contribution in [0.4, 0.5) is 0 Å². The molecule has 180 valence electrons. The van der Waals surface area contributed by atoms with Crippen molar-refractivity contribution in [1.82, 2.24) is 9.55 Å². The lowest BCUT2D eigenvalue weighted by atomic mass is 9.99. The van der Waals surface area contributed by atoms with Crippen molar-refractivity contribution in [2.45, 2.75) is 26.3 Å². The first-order valence-electron chi connectivity index (χ1n) is 12.2. The molecule has 0 saturated carbocycles. The Bertz CT molecular complexity index is 1490. The Labute approximate surface area is 210 Å². The second kappa shape index (κ2) is 10.5. The summed E-state index contributed by atoms with van der Waals surface area (Å²) in [5, 5.41) is 9.55. The predicted molar refractivity (Wildman–Crippen MR) is 144 cm³/mol. The average Bonchev–Trinajstić information content (AvgIpc) is 3.28. The van der Waals surface area contributed by atoms with E-state index >= 15 is 0 Å². The minimum absolute atomic E-state index is 0.301. The van der Waals surface area contributed by atoms with Crippen LogP contribution in [0.5, 0.6) is 5.75 Å². The maximum Gasteiger partial charge on any atom is 0.336 e. The molecule has 0 fully saturated rings. The number of aromatic nitrogens is 2. The molecule has 0 unspecified atom stereocenters. The summed E-state index contributed by atoms with van der Waals surface area (Å²) < 4.78 is 8.05.